The van der Waals surface area contributed by atoms with Gasteiger partial charge in [-0.05, 0) is 118 Å². The Labute approximate surface area is 213 Å². The van der Waals surface area contributed by atoms with E-state index in [1.54, 1.807) is 17.2 Å². The molecule has 0 unspecified atom stereocenters. The van der Waals surface area contributed by atoms with Crippen molar-refractivity contribution in [2.45, 2.75) is 52.4 Å². The Hall–Kier alpha value is -3.00. The number of halogens is 1. The summed E-state index contributed by atoms with van der Waals surface area (Å²) in [6, 6.07) is 8.40. The summed E-state index contributed by atoms with van der Waals surface area (Å²) < 4.78 is 15.8. The Morgan fingerprint density at radius 1 is 1.11 bits per heavy atom. The summed E-state index contributed by atoms with van der Waals surface area (Å²) in [6.45, 7) is 3.88. The Morgan fingerprint density at radius 3 is 2.47 bits per heavy atom. The molecular weight excluding hydrogens is 473 g/mol. The van der Waals surface area contributed by atoms with Gasteiger partial charge >= 0.3 is 0 Å². The van der Waals surface area contributed by atoms with Gasteiger partial charge in [-0.3, -0.25) is 10.2 Å². The van der Waals surface area contributed by atoms with E-state index in [4.69, 9.17) is 10.5 Å². The van der Waals surface area contributed by atoms with Gasteiger partial charge in [0.1, 0.15) is 10.9 Å². The fourth-order valence-corrected chi connectivity index (χ4v) is 8.79. The summed E-state index contributed by atoms with van der Waals surface area (Å²) >= 11 is 1.50. The number of fused-ring (bicyclic) bond motifs is 1. The summed E-state index contributed by atoms with van der Waals surface area (Å²) in [5, 5.41) is 16.9. The van der Waals surface area contributed by atoms with Crippen LogP contribution < -0.4 is 0 Å². The van der Waals surface area contributed by atoms with E-state index in [-0.39, 0.29) is 22.6 Å². The van der Waals surface area contributed by atoms with E-state index >= 15 is 0 Å². The zero-order chi connectivity index (χ0) is 24.8. The number of benzene rings is 1. The molecule has 6 nitrogen and oxygen atoms in total. The van der Waals surface area contributed by atoms with E-state index < -0.39 is 5.91 Å². The number of nitrogens with zero attached hydrogens (tertiary/aromatic N) is 4. The molecule has 4 bridgehead atoms. The lowest BCUT2D eigenvalue weighted by molar-refractivity contribution is -0.114. The second-order valence-electron chi connectivity index (χ2n) is 11.3. The van der Waals surface area contributed by atoms with E-state index in [0.29, 0.717) is 5.17 Å². The molecule has 4 aliphatic carbocycles. The van der Waals surface area contributed by atoms with Gasteiger partial charge < -0.3 is 4.57 Å². The van der Waals surface area contributed by atoms with Crippen molar-refractivity contribution in [3.8, 4) is 5.69 Å². The number of rotatable bonds is 3. The number of carbonyl (C=O) groups excluding carboxylic acids is 1. The van der Waals surface area contributed by atoms with Crippen LogP contribution in [0.15, 0.2) is 46.0 Å². The van der Waals surface area contributed by atoms with Gasteiger partial charge in [-0.2, -0.15) is 15.1 Å². The third-order valence-electron chi connectivity index (χ3n) is 8.78. The van der Waals surface area contributed by atoms with Crippen LogP contribution in [0.5, 0.6) is 0 Å². The lowest BCUT2D eigenvalue weighted by atomic mass is 9.50. The number of aliphatic imine (C=N–C) groups is 1. The highest BCUT2D eigenvalue weighted by molar-refractivity contribution is 8.27. The van der Waals surface area contributed by atoms with E-state index in [2.05, 4.69) is 4.99 Å². The molecule has 8 rings (SSSR count). The SMILES string of the molecule is Cc1cc(C=C2C(=N)N3N=C(C45CC6CC(CC(C6)C4)C5)SC3=NC2=O)c(C)n1-c1cccc(F)c1. The van der Waals surface area contributed by atoms with Crippen LogP contribution in [-0.2, 0) is 4.79 Å². The normalized spacial score (nSPS) is 31.8. The summed E-state index contributed by atoms with van der Waals surface area (Å²) in [4.78, 5) is 17.4. The van der Waals surface area contributed by atoms with Crippen molar-refractivity contribution >= 4 is 39.8 Å². The van der Waals surface area contributed by atoms with E-state index in [0.717, 1.165) is 45.4 Å². The molecule has 1 N–H and O–H groups in total. The molecule has 1 amide bonds. The largest absolute Gasteiger partial charge is 0.318 e. The Bertz CT molecular complexity index is 1400. The fourth-order valence-electron chi connectivity index (χ4n) is 7.68. The van der Waals surface area contributed by atoms with Crippen molar-refractivity contribution in [1.29, 1.82) is 5.41 Å². The van der Waals surface area contributed by atoms with Crippen LogP contribution >= 0.6 is 11.8 Å². The molecule has 2 aliphatic heterocycles. The van der Waals surface area contributed by atoms with E-state index in [9.17, 15) is 9.18 Å². The number of hydrazone groups is 1. The summed E-state index contributed by atoms with van der Waals surface area (Å²) in [5.74, 6) is 1.76. The van der Waals surface area contributed by atoms with Gasteiger partial charge in [0, 0.05) is 22.5 Å². The molecule has 36 heavy (non-hydrogen) atoms. The highest BCUT2D eigenvalue weighted by Crippen LogP contribution is 2.62. The molecule has 6 aliphatic rings. The molecule has 0 radical (unpaired) electrons. The third-order valence-corrected chi connectivity index (χ3v) is 9.94. The van der Waals surface area contributed by atoms with Gasteiger partial charge in [-0.15, -0.1) is 0 Å². The molecule has 4 saturated carbocycles. The number of amidine groups is 2. The first-order valence-corrected chi connectivity index (χ1v) is 13.6. The molecule has 3 heterocycles. The maximum Gasteiger partial charge on any atom is 0.283 e. The number of hydrogen-bond donors (Lipinski definition) is 1. The van der Waals surface area contributed by atoms with E-state index in [1.165, 1.54) is 62.4 Å². The summed E-state index contributed by atoms with van der Waals surface area (Å²) in [6.07, 6.45) is 9.35. The molecule has 1 aromatic heterocycles. The third kappa shape index (κ3) is 3.30. The first-order valence-electron chi connectivity index (χ1n) is 12.8. The van der Waals surface area contributed by atoms with Crippen LogP contribution in [0.1, 0.15) is 55.5 Å². The minimum Gasteiger partial charge on any atom is -0.318 e. The predicted molar refractivity (Wildman–Crippen MR) is 141 cm³/mol. The zero-order valence-electron chi connectivity index (χ0n) is 20.4. The summed E-state index contributed by atoms with van der Waals surface area (Å²) in [7, 11) is 0. The van der Waals surface area contributed by atoms with Crippen molar-refractivity contribution in [2.24, 2.45) is 33.3 Å². The number of amides is 1. The van der Waals surface area contributed by atoms with Crippen LogP contribution in [0.4, 0.5) is 4.39 Å². The molecule has 184 valence electrons. The number of aromatic nitrogens is 1. The predicted octanol–water partition coefficient (Wildman–Crippen LogP) is 6.07. The van der Waals surface area contributed by atoms with Gasteiger partial charge in [0.2, 0.25) is 5.17 Å². The topological polar surface area (TPSA) is 73.8 Å². The second kappa shape index (κ2) is 7.75. The van der Waals surface area contributed by atoms with Crippen LogP contribution in [0, 0.1) is 48.2 Å². The number of carbonyl (C=O) groups is 1. The number of nitrogens with one attached hydrogen (secondary N) is 1. The lowest BCUT2D eigenvalue weighted by Crippen LogP contribution is -2.49. The van der Waals surface area contributed by atoms with E-state index in [1.807, 2.05) is 30.5 Å². The number of hydrogen-bond acceptors (Lipinski definition) is 4. The average Bonchev–Trinajstić information content (AvgIpc) is 3.37. The smallest absolute Gasteiger partial charge is 0.283 e. The van der Waals surface area contributed by atoms with Crippen LogP contribution in [0.3, 0.4) is 0 Å². The lowest BCUT2D eigenvalue weighted by Gasteiger charge is -2.56. The van der Waals surface area contributed by atoms with Gasteiger partial charge in [0.25, 0.3) is 5.91 Å². The minimum atomic E-state index is -0.406. The van der Waals surface area contributed by atoms with Gasteiger partial charge in [0.15, 0.2) is 5.84 Å². The van der Waals surface area contributed by atoms with Crippen molar-refractivity contribution < 1.29 is 9.18 Å². The van der Waals surface area contributed by atoms with Crippen LogP contribution in [-0.4, -0.2) is 31.5 Å². The number of aryl methyl sites for hydroxylation is 1. The Balaban J connectivity index is 1.22. The first-order chi connectivity index (χ1) is 17.3. The van der Waals surface area contributed by atoms with Crippen LogP contribution in [0.25, 0.3) is 11.8 Å². The molecule has 2 aromatic rings. The molecule has 8 heteroatoms. The molecule has 0 saturated heterocycles. The Kier molecular flexibility index (Phi) is 4.78. The maximum atomic E-state index is 13.9. The first kappa shape index (κ1) is 22.2. The van der Waals surface area contributed by atoms with Crippen molar-refractivity contribution in [1.82, 2.24) is 9.58 Å². The highest BCUT2D eigenvalue weighted by Gasteiger charge is 2.55. The molecular formula is C28H28FN5OS. The quantitative estimate of drug-likeness (QED) is 0.519. The molecule has 0 spiro atoms. The summed E-state index contributed by atoms with van der Waals surface area (Å²) in [5.41, 5.74) is 3.65. The standard InChI is InChI=1S/C28H28FN5OS/c1-15-6-20(16(2)33(15)22-5-3-4-21(29)11-22)10-23-24(30)34-27(31-25(23)35)36-26(32-34)28-12-17-7-18(13-28)9-19(8-17)14-28/h3-6,10-11,17-19,30H,7-9,12-14H2,1-2H3. The minimum absolute atomic E-state index is 0.0767. The van der Waals surface area contributed by atoms with Crippen molar-refractivity contribution in [2.75, 3.05) is 0 Å². The van der Waals surface area contributed by atoms with Gasteiger partial charge in [0.05, 0.1) is 5.57 Å². The average molecular weight is 502 g/mol. The highest BCUT2D eigenvalue weighted by atomic mass is 32.2. The molecule has 4 fully saturated rings. The van der Waals surface area contributed by atoms with Gasteiger partial charge in [-0.25, -0.2) is 4.39 Å². The Morgan fingerprint density at radius 2 is 1.81 bits per heavy atom. The van der Waals surface area contributed by atoms with Gasteiger partial charge in [-0.1, -0.05) is 6.07 Å². The maximum absolute atomic E-state index is 13.9. The fraction of sp³-hybridized carbons (Fsp3) is 0.429. The molecule has 0 atom stereocenters. The van der Waals surface area contributed by atoms with Crippen molar-refractivity contribution in [3.63, 3.8) is 0 Å². The second-order valence-corrected chi connectivity index (χ2v) is 12.2. The van der Waals surface area contributed by atoms with Crippen LogP contribution in [0.2, 0.25) is 0 Å². The molecule has 1 aromatic carbocycles. The monoisotopic (exact) mass is 501 g/mol. The number of thioether (sulfide) groups is 1. The van der Waals surface area contributed by atoms with Crippen molar-refractivity contribution in [3.05, 3.63) is 58.7 Å². The zero-order valence-corrected chi connectivity index (χ0v) is 21.2.